The molecule has 72 valence electrons. The predicted octanol–water partition coefficient (Wildman–Crippen LogP) is 2.42. The molecule has 0 aliphatic rings. The lowest BCUT2D eigenvalue weighted by atomic mass is 10.1. The summed E-state index contributed by atoms with van der Waals surface area (Å²) in [6, 6.07) is 0. The van der Waals surface area contributed by atoms with Crippen molar-refractivity contribution < 1.29 is 9.53 Å². The van der Waals surface area contributed by atoms with Crippen molar-refractivity contribution >= 4 is 6.29 Å². The molecule has 12 heavy (non-hydrogen) atoms. The Hall–Kier alpha value is -0.370. The number of carbonyl (C=O) groups is 1. The van der Waals surface area contributed by atoms with Crippen LogP contribution >= 0.6 is 0 Å². The Bertz CT molecular complexity index is 102. The maximum Gasteiger partial charge on any atom is 0.120 e. The molecule has 0 radical (unpaired) electrons. The molecule has 0 aromatic rings. The molecule has 1 atom stereocenters. The Morgan fingerprint density at radius 2 is 2.17 bits per heavy atom. The summed E-state index contributed by atoms with van der Waals surface area (Å²) in [6.45, 7) is 5.90. The molecule has 0 unspecified atom stereocenters. The maximum atomic E-state index is 10.1. The number of carbonyl (C=O) groups excluding carboxylic acids is 1. The quantitative estimate of drug-likeness (QED) is 0.415. The van der Waals surface area contributed by atoms with Crippen molar-refractivity contribution in [3.8, 4) is 0 Å². The van der Waals surface area contributed by atoms with Gasteiger partial charge in [0.1, 0.15) is 6.29 Å². The van der Waals surface area contributed by atoms with E-state index in [9.17, 15) is 4.79 Å². The van der Waals surface area contributed by atoms with Crippen LogP contribution in [0.25, 0.3) is 0 Å². The molecule has 0 saturated heterocycles. The average molecular weight is 172 g/mol. The molecule has 2 heteroatoms. The van der Waals surface area contributed by atoms with Crippen molar-refractivity contribution in [1.82, 2.24) is 0 Å². The zero-order valence-electron chi connectivity index (χ0n) is 8.21. The summed E-state index contributed by atoms with van der Waals surface area (Å²) in [5.74, 6) is 0.476. The van der Waals surface area contributed by atoms with Crippen LogP contribution in [0.1, 0.15) is 39.5 Å². The van der Waals surface area contributed by atoms with Crippen molar-refractivity contribution in [2.45, 2.75) is 39.5 Å². The molecule has 0 N–H and O–H groups in total. The minimum absolute atomic E-state index is 0.476. The van der Waals surface area contributed by atoms with Crippen molar-refractivity contribution in [3.05, 3.63) is 0 Å². The van der Waals surface area contributed by atoms with Crippen molar-refractivity contribution in [1.29, 1.82) is 0 Å². The van der Waals surface area contributed by atoms with Crippen LogP contribution in [0.15, 0.2) is 0 Å². The SMILES string of the molecule is CCCCOCC[C@H](C)CC=O. The van der Waals surface area contributed by atoms with Gasteiger partial charge in [0.15, 0.2) is 0 Å². The third-order valence-electron chi connectivity index (χ3n) is 1.90. The highest BCUT2D eigenvalue weighted by molar-refractivity contribution is 5.49. The van der Waals surface area contributed by atoms with Crippen molar-refractivity contribution in [2.75, 3.05) is 13.2 Å². The Balaban J connectivity index is 3.02. The molecular weight excluding hydrogens is 152 g/mol. The highest BCUT2D eigenvalue weighted by Gasteiger charge is 1.99. The van der Waals surface area contributed by atoms with E-state index in [1.54, 1.807) is 0 Å². The van der Waals surface area contributed by atoms with E-state index in [1.807, 2.05) is 0 Å². The molecule has 0 aromatic heterocycles. The highest BCUT2D eigenvalue weighted by Crippen LogP contribution is 2.05. The Kier molecular flexibility index (Phi) is 8.46. The van der Waals surface area contributed by atoms with Crippen LogP contribution < -0.4 is 0 Å². The van der Waals surface area contributed by atoms with Crippen LogP contribution in [0.2, 0.25) is 0 Å². The summed E-state index contributed by atoms with van der Waals surface area (Å²) in [5, 5.41) is 0. The van der Waals surface area contributed by atoms with Crippen LogP contribution in [0.4, 0.5) is 0 Å². The van der Waals surface area contributed by atoms with Gasteiger partial charge in [0.25, 0.3) is 0 Å². The van der Waals surface area contributed by atoms with E-state index < -0.39 is 0 Å². The molecule has 0 aromatic carbocycles. The van der Waals surface area contributed by atoms with Crippen LogP contribution in [-0.2, 0) is 9.53 Å². The topological polar surface area (TPSA) is 26.3 Å². The van der Waals surface area contributed by atoms with Crippen LogP contribution in [-0.4, -0.2) is 19.5 Å². The smallest absolute Gasteiger partial charge is 0.120 e. The molecule has 0 aliphatic carbocycles. The molecule has 0 spiro atoms. The summed E-state index contributed by atoms with van der Waals surface area (Å²) in [4.78, 5) is 10.1. The maximum absolute atomic E-state index is 10.1. The Morgan fingerprint density at radius 3 is 2.75 bits per heavy atom. The van der Waals surface area contributed by atoms with Crippen molar-refractivity contribution in [2.24, 2.45) is 5.92 Å². The van der Waals surface area contributed by atoms with Gasteiger partial charge in [-0.25, -0.2) is 0 Å². The fourth-order valence-electron chi connectivity index (χ4n) is 0.915. The van der Waals surface area contributed by atoms with E-state index in [0.29, 0.717) is 12.3 Å². The third kappa shape index (κ3) is 7.73. The van der Waals surface area contributed by atoms with Crippen LogP contribution in [0.3, 0.4) is 0 Å². The van der Waals surface area contributed by atoms with Crippen LogP contribution in [0.5, 0.6) is 0 Å². The van der Waals surface area contributed by atoms with Gasteiger partial charge < -0.3 is 9.53 Å². The first kappa shape index (κ1) is 11.6. The zero-order chi connectivity index (χ0) is 9.23. The van der Waals surface area contributed by atoms with E-state index in [0.717, 1.165) is 32.3 Å². The van der Waals surface area contributed by atoms with Crippen LogP contribution in [0, 0.1) is 5.92 Å². The molecule has 0 aliphatic heterocycles. The molecule has 0 rings (SSSR count). The van der Waals surface area contributed by atoms with Gasteiger partial charge in [0, 0.05) is 19.6 Å². The number of unbranched alkanes of at least 4 members (excludes halogenated alkanes) is 1. The summed E-state index contributed by atoms with van der Waals surface area (Å²) in [6.07, 6.45) is 4.97. The molecule has 0 heterocycles. The minimum Gasteiger partial charge on any atom is -0.381 e. The predicted molar refractivity (Wildman–Crippen MR) is 50.2 cm³/mol. The summed E-state index contributed by atoms with van der Waals surface area (Å²) in [7, 11) is 0. The second kappa shape index (κ2) is 8.72. The zero-order valence-corrected chi connectivity index (χ0v) is 8.21. The molecule has 2 nitrogen and oxygen atoms in total. The van der Waals surface area contributed by atoms with E-state index in [1.165, 1.54) is 6.42 Å². The number of rotatable bonds is 8. The summed E-state index contributed by atoms with van der Waals surface area (Å²) < 4.78 is 5.38. The second-order valence-corrected chi connectivity index (χ2v) is 3.26. The summed E-state index contributed by atoms with van der Waals surface area (Å²) in [5.41, 5.74) is 0. The van der Waals surface area contributed by atoms with E-state index >= 15 is 0 Å². The fraction of sp³-hybridized carbons (Fsp3) is 0.900. The Morgan fingerprint density at radius 1 is 1.42 bits per heavy atom. The lowest BCUT2D eigenvalue weighted by Crippen LogP contribution is -2.03. The first-order valence-electron chi connectivity index (χ1n) is 4.82. The first-order chi connectivity index (χ1) is 5.81. The minimum atomic E-state index is 0.476. The van der Waals surface area contributed by atoms with Gasteiger partial charge in [-0.1, -0.05) is 20.3 Å². The largest absolute Gasteiger partial charge is 0.381 e. The van der Waals surface area contributed by atoms with Gasteiger partial charge in [-0.2, -0.15) is 0 Å². The summed E-state index contributed by atoms with van der Waals surface area (Å²) >= 11 is 0. The van der Waals surface area contributed by atoms with E-state index in [4.69, 9.17) is 4.74 Å². The highest BCUT2D eigenvalue weighted by atomic mass is 16.5. The molecule has 0 amide bonds. The molecule has 0 bridgehead atoms. The number of aldehydes is 1. The Labute approximate surface area is 75.3 Å². The lowest BCUT2D eigenvalue weighted by Gasteiger charge is -2.07. The van der Waals surface area contributed by atoms with Gasteiger partial charge in [-0.05, 0) is 18.8 Å². The molecular formula is C10H20O2. The van der Waals surface area contributed by atoms with Crippen molar-refractivity contribution in [3.63, 3.8) is 0 Å². The fourth-order valence-corrected chi connectivity index (χ4v) is 0.915. The monoisotopic (exact) mass is 172 g/mol. The second-order valence-electron chi connectivity index (χ2n) is 3.26. The van der Waals surface area contributed by atoms with Gasteiger partial charge in [0.05, 0.1) is 0 Å². The normalized spacial score (nSPS) is 12.8. The standard InChI is InChI=1S/C10H20O2/c1-3-4-8-12-9-6-10(2)5-7-11/h7,10H,3-6,8-9H2,1-2H3/t10-/m1/s1. The van der Waals surface area contributed by atoms with Gasteiger partial charge in [-0.3, -0.25) is 0 Å². The number of ether oxygens (including phenoxy) is 1. The lowest BCUT2D eigenvalue weighted by molar-refractivity contribution is -0.108. The average Bonchev–Trinajstić information content (AvgIpc) is 2.05. The van der Waals surface area contributed by atoms with E-state index in [-0.39, 0.29) is 0 Å². The van der Waals surface area contributed by atoms with Gasteiger partial charge in [-0.15, -0.1) is 0 Å². The molecule has 0 saturated carbocycles. The third-order valence-corrected chi connectivity index (χ3v) is 1.90. The van der Waals surface area contributed by atoms with Gasteiger partial charge >= 0.3 is 0 Å². The molecule has 0 fully saturated rings. The number of hydrogen-bond acceptors (Lipinski definition) is 2. The van der Waals surface area contributed by atoms with E-state index in [2.05, 4.69) is 13.8 Å². The number of hydrogen-bond donors (Lipinski definition) is 0. The van der Waals surface area contributed by atoms with Gasteiger partial charge in [0.2, 0.25) is 0 Å². The first-order valence-corrected chi connectivity index (χ1v) is 4.82.